The van der Waals surface area contributed by atoms with Gasteiger partial charge in [0.05, 0.1) is 0 Å². The smallest absolute Gasteiger partial charge is 0.264 e. The van der Waals surface area contributed by atoms with E-state index in [-0.39, 0.29) is 0 Å². The molecule has 2 aromatic rings. The number of nitrogens with zero attached hydrogens (tertiary/aromatic N) is 1. The van der Waals surface area contributed by atoms with Gasteiger partial charge in [-0.15, -0.1) is 0 Å². The largest absolute Gasteiger partial charge is 0.436 e. The molecule has 0 N–H and O–H groups in total. The van der Waals surface area contributed by atoms with Crippen molar-refractivity contribution in [2.75, 3.05) is 0 Å². The van der Waals surface area contributed by atoms with Crippen molar-refractivity contribution in [1.29, 1.82) is 0 Å². The third kappa shape index (κ3) is 1.32. The summed E-state index contributed by atoms with van der Waals surface area (Å²) in [6.45, 7) is 1.91. The number of hydrogen-bond acceptors (Lipinski definition) is 3. The molecule has 2 nitrogen and oxygen atoms in total. The van der Waals surface area contributed by atoms with Crippen LogP contribution < -0.4 is 0 Å². The van der Waals surface area contributed by atoms with E-state index in [0.29, 0.717) is 4.80 Å². The van der Waals surface area contributed by atoms with Crippen molar-refractivity contribution in [2.45, 2.75) is 6.92 Å². The summed E-state index contributed by atoms with van der Waals surface area (Å²) in [5.41, 5.74) is 2.04. The molecule has 0 unspecified atom stereocenters. The van der Waals surface area contributed by atoms with Crippen LogP contribution in [0.15, 0.2) is 26.0 Å². The first kappa shape index (κ1) is 8.01. The highest BCUT2D eigenvalue weighted by molar-refractivity contribution is 9.10. The minimum atomic E-state index is 0.543. The number of hydrogen-bond donors (Lipinski definition) is 0. The van der Waals surface area contributed by atoms with Gasteiger partial charge in [-0.05, 0) is 18.4 Å². The third-order valence-electron chi connectivity index (χ3n) is 1.57. The van der Waals surface area contributed by atoms with Crippen molar-refractivity contribution >= 4 is 27.3 Å². The van der Waals surface area contributed by atoms with Crippen LogP contribution in [0.5, 0.6) is 0 Å². The molecule has 0 aliphatic carbocycles. The van der Waals surface area contributed by atoms with Crippen molar-refractivity contribution in [1.82, 2.24) is 4.98 Å². The number of aryl methyl sites for hydroxylation is 1. The minimum Gasteiger partial charge on any atom is -0.436 e. The Bertz CT molecular complexity index is 380. The highest BCUT2D eigenvalue weighted by Crippen LogP contribution is 2.26. The van der Waals surface area contributed by atoms with Gasteiger partial charge in [0.1, 0.15) is 11.5 Å². The van der Waals surface area contributed by atoms with Gasteiger partial charge in [0, 0.05) is 26.9 Å². The van der Waals surface area contributed by atoms with Gasteiger partial charge in [0.2, 0.25) is 0 Å². The average Bonchev–Trinajstić information content (AvgIpc) is 2.58. The van der Waals surface area contributed by atoms with Crippen LogP contribution in [0.25, 0.3) is 11.3 Å². The number of oxazole rings is 1. The van der Waals surface area contributed by atoms with E-state index in [9.17, 15) is 0 Å². The molecule has 0 aliphatic rings. The monoisotopic (exact) mass is 243 g/mol. The van der Waals surface area contributed by atoms with Crippen LogP contribution in [0.3, 0.4) is 0 Å². The van der Waals surface area contributed by atoms with E-state index in [1.807, 2.05) is 18.4 Å². The Labute approximate surface area is 82.4 Å². The molecule has 2 aromatic heterocycles. The zero-order chi connectivity index (χ0) is 8.55. The van der Waals surface area contributed by atoms with Gasteiger partial charge in [-0.2, -0.15) is 11.3 Å². The molecule has 0 saturated heterocycles. The van der Waals surface area contributed by atoms with Gasteiger partial charge in [0.15, 0.2) is 0 Å². The van der Waals surface area contributed by atoms with E-state index >= 15 is 0 Å². The standard InChI is InChI=1S/C8H6BrNOS/c1-5-7(10-8(9)11-5)6-2-3-12-4-6/h2-4H,1H3. The molecule has 0 fully saturated rings. The van der Waals surface area contributed by atoms with Crippen molar-refractivity contribution in [3.8, 4) is 11.3 Å². The Kier molecular flexibility index (Phi) is 2.02. The highest BCUT2D eigenvalue weighted by atomic mass is 79.9. The first-order valence-electron chi connectivity index (χ1n) is 3.43. The minimum absolute atomic E-state index is 0.543. The van der Waals surface area contributed by atoms with E-state index in [1.165, 1.54) is 0 Å². The second-order valence-corrected chi connectivity index (χ2v) is 3.84. The molecule has 0 atom stereocenters. The molecular formula is C8H6BrNOS. The van der Waals surface area contributed by atoms with E-state index in [0.717, 1.165) is 17.0 Å². The molecule has 0 spiro atoms. The van der Waals surface area contributed by atoms with Gasteiger partial charge in [-0.25, -0.2) is 4.98 Å². The van der Waals surface area contributed by atoms with Gasteiger partial charge in [0.25, 0.3) is 4.80 Å². The number of rotatable bonds is 1. The SMILES string of the molecule is Cc1oc(Br)nc1-c1ccsc1. The summed E-state index contributed by atoms with van der Waals surface area (Å²) in [6, 6.07) is 2.03. The Balaban J connectivity index is 2.54. The normalized spacial score (nSPS) is 10.5. The fourth-order valence-corrected chi connectivity index (χ4v) is 2.09. The van der Waals surface area contributed by atoms with Crippen molar-refractivity contribution in [3.63, 3.8) is 0 Å². The summed E-state index contributed by atoms with van der Waals surface area (Å²) < 4.78 is 5.25. The zero-order valence-corrected chi connectivity index (χ0v) is 8.78. The molecule has 4 heteroatoms. The van der Waals surface area contributed by atoms with E-state index in [1.54, 1.807) is 11.3 Å². The lowest BCUT2D eigenvalue weighted by molar-refractivity contribution is 0.501. The molecule has 12 heavy (non-hydrogen) atoms. The lowest BCUT2D eigenvalue weighted by Gasteiger charge is -1.88. The van der Waals surface area contributed by atoms with Crippen LogP contribution in [-0.2, 0) is 0 Å². The molecule has 0 amide bonds. The van der Waals surface area contributed by atoms with Crippen LogP contribution in [-0.4, -0.2) is 4.98 Å². The topological polar surface area (TPSA) is 26.0 Å². The quantitative estimate of drug-likeness (QED) is 0.767. The van der Waals surface area contributed by atoms with Gasteiger partial charge < -0.3 is 4.42 Å². The summed E-state index contributed by atoms with van der Waals surface area (Å²) in [5.74, 6) is 0.847. The maximum Gasteiger partial charge on any atom is 0.264 e. The Morgan fingerprint density at radius 1 is 1.58 bits per heavy atom. The summed E-state index contributed by atoms with van der Waals surface area (Å²) in [5, 5.41) is 4.08. The maximum absolute atomic E-state index is 5.25. The second-order valence-electron chi connectivity index (χ2n) is 2.38. The predicted molar refractivity (Wildman–Crippen MR) is 52.3 cm³/mol. The van der Waals surface area contributed by atoms with Crippen LogP contribution in [0, 0.1) is 6.92 Å². The Hall–Kier alpha value is -0.610. The maximum atomic E-state index is 5.25. The molecule has 62 valence electrons. The predicted octanol–water partition coefficient (Wildman–Crippen LogP) is 3.47. The van der Waals surface area contributed by atoms with Crippen molar-refractivity contribution < 1.29 is 4.42 Å². The molecule has 0 bridgehead atoms. The molecule has 2 rings (SSSR count). The van der Waals surface area contributed by atoms with Crippen LogP contribution in [0.4, 0.5) is 0 Å². The summed E-state index contributed by atoms with van der Waals surface area (Å²) in [7, 11) is 0. The fraction of sp³-hybridized carbons (Fsp3) is 0.125. The first-order chi connectivity index (χ1) is 5.77. The molecular weight excluding hydrogens is 238 g/mol. The number of thiophene rings is 1. The molecule has 2 heterocycles. The lowest BCUT2D eigenvalue weighted by Crippen LogP contribution is -1.74. The summed E-state index contributed by atoms with van der Waals surface area (Å²) >= 11 is 4.85. The van der Waals surface area contributed by atoms with Crippen LogP contribution in [0.1, 0.15) is 5.76 Å². The molecule has 0 radical (unpaired) electrons. The molecule has 0 saturated carbocycles. The van der Waals surface area contributed by atoms with Gasteiger partial charge in [-0.1, -0.05) is 0 Å². The fourth-order valence-electron chi connectivity index (χ4n) is 1.03. The van der Waals surface area contributed by atoms with Crippen LogP contribution in [0.2, 0.25) is 0 Å². The third-order valence-corrected chi connectivity index (χ3v) is 2.59. The van der Waals surface area contributed by atoms with Gasteiger partial charge >= 0.3 is 0 Å². The Morgan fingerprint density at radius 2 is 2.42 bits per heavy atom. The first-order valence-corrected chi connectivity index (χ1v) is 5.16. The zero-order valence-electron chi connectivity index (χ0n) is 6.37. The van der Waals surface area contributed by atoms with E-state index in [2.05, 4.69) is 26.3 Å². The molecule has 0 aromatic carbocycles. The van der Waals surface area contributed by atoms with Crippen LogP contribution >= 0.6 is 27.3 Å². The second kappa shape index (κ2) is 3.03. The van der Waals surface area contributed by atoms with E-state index < -0.39 is 0 Å². The van der Waals surface area contributed by atoms with E-state index in [4.69, 9.17) is 4.42 Å². The average molecular weight is 244 g/mol. The van der Waals surface area contributed by atoms with Crippen molar-refractivity contribution in [3.05, 3.63) is 27.4 Å². The summed E-state index contributed by atoms with van der Waals surface area (Å²) in [4.78, 5) is 4.75. The highest BCUT2D eigenvalue weighted by Gasteiger charge is 2.09. The number of aromatic nitrogens is 1. The number of halogens is 1. The summed E-state index contributed by atoms with van der Waals surface area (Å²) in [6.07, 6.45) is 0. The molecule has 0 aliphatic heterocycles. The Morgan fingerprint density at radius 3 is 2.92 bits per heavy atom. The van der Waals surface area contributed by atoms with Gasteiger partial charge in [-0.3, -0.25) is 0 Å². The lowest BCUT2D eigenvalue weighted by atomic mass is 10.2. The van der Waals surface area contributed by atoms with Crippen molar-refractivity contribution in [2.24, 2.45) is 0 Å².